The standard InChI is InChI=1S/C27H38F2O3/c1-18-7-9-19(10-8-18)17-31-23-15-16-24(26(29)25(23)28)32-27(30)22-13-11-21(12-14-22)20-5-3-2-4-6-20/h15-16,18-22H,2-14,17H2,1H3. The van der Waals surface area contributed by atoms with E-state index in [2.05, 4.69) is 6.92 Å². The van der Waals surface area contributed by atoms with E-state index in [-0.39, 0.29) is 17.4 Å². The quantitative estimate of drug-likeness (QED) is 0.335. The lowest BCUT2D eigenvalue weighted by atomic mass is 9.71. The summed E-state index contributed by atoms with van der Waals surface area (Å²) in [4.78, 5) is 12.6. The fourth-order valence-electron chi connectivity index (χ4n) is 6.03. The van der Waals surface area contributed by atoms with Crippen LogP contribution < -0.4 is 9.47 Å². The average molecular weight is 449 g/mol. The van der Waals surface area contributed by atoms with Crippen LogP contribution in [0.1, 0.15) is 90.4 Å². The summed E-state index contributed by atoms with van der Waals surface area (Å²) < 4.78 is 40.0. The fourth-order valence-corrected chi connectivity index (χ4v) is 6.03. The number of rotatable bonds is 6. The summed E-state index contributed by atoms with van der Waals surface area (Å²) in [7, 11) is 0. The number of carbonyl (C=O) groups is 1. The second-order valence-corrected chi connectivity index (χ2v) is 10.6. The maximum atomic E-state index is 14.6. The average Bonchev–Trinajstić information content (AvgIpc) is 2.83. The van der Waals surface area contributed by atoms with Crippen molar-refractivity contribution in [2.24, 2.45) is 29.6 Å². The number of benzene rings is 1. The predicted molar refractivity (Wildman–Crippen MR) is 121 cm³/mol. The number of hydrogen-bond donors (Lipinski definition) is 0. The largest absolute Gasteiger partial charge is 0.490 e. The molecule has 0 saturated heterocycles. The van der Waals surface area contributed by atoms with Gasteiger partial charge < -0.3 is 9.47 Å². The lowest BCUT2D eigenvalue weighted by Gasteiger charge is -2.35. The zero-order chi connectivity index (χ0) is 22.5. The number of hydrogen-bond acceptors (Lipinski definition) is 3. The molecule has 178 valence electrons. The molecule has 0 bridgehead atoms. The van der Waals surface area contributed by atoms with Crippen molar-refractivity contribution in [2.75, 3.05) is 6.61 Å². The summed E-state index contributed by atoms with van der Waals surface area (Å²) in [6.07, 6.45) is 14.7. The smallest absolute Gasteiger partial charge is 0.314 e. The monoisotopic (exact) mass is 448 g/mol. The molecule has 0 amide bonds. The Morgan fingerprint density at radius 2 is 1.41 bits per heavy atom. The van der Waals surface area contributed by atoms with Crippen LogP contribution >= 0.6 is 0 Å². The normalized spacial score (nSPS) is 29.5. The second-order valence-electron chi connectivity index (χ2n) is 10.6. The van der Waals surface area contributed by atoms with E-state index in [0.717, 1.165) is 63.2 Å². The first-order valence-corrected chi connectivity index (χ1v) is 12.8. The molecule has 3 fully saturated rings. The first-order valence-electron chi connectivity index (χ1n) is 12.8. The van der Waals surface area contributed by atoms with Gasteiger partial charge in [0.2, 0.25) is 11.6 Å². The summed E-state index contributed by atoms with van der Waals surface area (Å²) >= 11 is 0. The van der Waals surface area contributed by atoms with E-state index in [1.165, 1.54) is 44.2 Å². The van der Waals surface area contributed by atoms with Crippen LogP contribution in [0.3, 0.4) is 0 Å². The zero-order valence-electron chi connectivity index (χ0n) is 19.4. The summed E-state index contributed by atoms with van der Waals surface area (Å²) in [5.41, 5.74) is 0. The fraction of sp³-hybridized carbons (Fsp3) is 0.741. The second kappa shape index (κ2) is 11.0. The molecule has 0 spiro atoms. The first kappa shape index (κ1) is 23.5. The molecule has 1 aromatic carbocycles. The van der Waals surface area contributed by atoms with Crippen LogP contribution in [0, 0.1) is 41.2 Å². The molecule has 3 nitrogen and oxygen atoms in total. The van der Waals surface area contributed by atoms with Crippen molar-refractivity contribution < 1.29 is 23.0 Å². The Bertz CT molecular complexity index is 758. The van der Waals surface area contributed by atoms with Crippen molar-refractivity contribution in [3.63, 3.8) is 0 Å². The SMILES string of the molecule is CC1CCC(COc2ccc(OC(=O)C3CCC(C4CCCCC4)CC3)c(F)c2F)CC1. The van der Waals surface area contributed by atoms with E-state index in [1.54, 1.807) is 0 Å². The minimum atomic E-state index is -1.14. The van der Waals surface area contributed by atoms with Gasteiger partial charge in [-0.3, -0.25) is 4.79 Å². The molecular formula is C27H38F2O3. The summed E-state index contributed by atoms with van der Waals surface area (Å²) in [5.74, 6) is -0.669. The van der Waals surface area contributed by atoms with E-state index < -0.39 is 17.6 Å². The topological polar surface area (TPSA) is 35.5 Å². The highest BCUT2D eigenvalue weighted by molar-refractivity contribution is 5.75. The molecular weight excluding hydrogens is 410 g/mol. The van der Waals surface area contributed by atoms with Crippen molar-refractivity contribution in [1.29, 1.82) is 0 Å². The Hall–Kier alpha value is -1.65. The number of ether oxygens (including phenoxy) is 2. The van der Waals surface area contributed by atoms with Gasteiger partial charge in [0.25, 0.3) is 0 Å². The molecule has 0 heterocycles. The number of carbonyl (C=O) groups excluding carboxylic acids is 1. The zero-order valence-corrected chi connectivity index (χ0v) is 19.4. The van der Waals surface area contributed by atoms with Gasteiger partial charge in [-0.1, -0.05) is 51.9 Å². The van der Waals surface area contributed by atoms with Crippen LogP contribution in [0.5, 0.6) is 11.5 Å². The molecule has 0 atom stereocenters. The minimum absolute atomic E-state index is 0.103. The maximum Gasteiger partial charge on any atom is 0.314 e. The lowest BCUT2D eigenvalue weighted by Crippen LogP contribution is -2.29. The van der Waals surface area contributed by atoms with Crippen LogP contribution in [0.4, 0.5) is 8.78 Å². The van der Waals surface area contributed by atoms with Gasteiger partial charge in [0.05, 0.1) is 12.5 Å². The van der Waals surface area contributed by atoms with Gasteiger partial charge >= 0.3 is 5.97 Å². The third-order valence-electron chi connectivity index (χ3n) is 8.25. The molecule has 0 unspecified atom stereocenters. The molecule has 3 aliphatic rings. The molecule has 1 aromatic rings. The third-order valence-corrected chi connectivity index (χ3v) is 8.25. The first-order chi connectivity index (χ1) is 15.5. The highest BCUT2D eigenvalue weighted by Gasteiger charge is 2.33. The van der Waals surface area contributed by atoms with Gasteiger partial charge in [0.1, 0.15) is 0 Å². The highest BCUT2D eigenvalue weighted by atomic mass is 19.2. The van der Waals surface area contributed by atoms with Crippen molar-refractivity contribution in [2.45, 2.75) is 90.4 Å². The molecule has 3 aliphatic carbocycles. The van der Waals surface area contributed by atoms with E-state index >= 15 is 0 Å². The summed E-state index contributed by atoms with van der Waals surface area (Å²) in [6.45, 7) is 2.64. The Morgan fingerprint density at radius 1 is 0.812 bits per heavy atom. The van der Waals surface area contributed by atoms with Crippen LogP contribution in [-0.4, -0.2) is 12.6 Å². The Balaban J connectivity index is 1.27. The van der Waals surface area contributed by atoms with Crippen molar-refractivity contribution in [1.82, 2.24) is 0 Å². The van der Waals surface area contributed by atoms with Crippen LogP contribution in [0.15, 0.2) is 12.1 Å². The van der Waals surface area contributed by atoms with Gasteiger partial charge in [0.15, 0.2) is 11.5 Å². The molecule has 0 aliphatic heterocycles. The van der Waals surface area contributed by atoms with E-state index in [1.807, 2.05) is 0 Å². The van der Waals surface area contributed by atoms with Crippen LogP contribution in [-0.2, 0) is 4.79 Å². The molecule has 3 saturated carbocycles. The van der Waals surface area contributed by atoms with Crippen LogP contribution in [0.25, 0.3) is 0 Å². The van der Waals surface area contributed by atoms with Crippen molar-refractivity contribution in [3.8, 4) is 11.5 Å². The molecule has 0 N–H and O–H groups in total. The van der Waals surface area contributed by atoms with E-state index in [4.69, 9.17) is 9.47 Å². The van der Waals surface area contributed by atoms with Gasteiger partial charge in [-0.15, -0.1) is 0 Å². The van der Waals surface area contributed by atoms with E-state index in [0.29, 0.717) is 18.4 Å². The van der Waals surface area contributed by atoms with Crippen molar-refractivity contribution >= 4 is 5.97 Å². The summed E-state index contributed by atoms with van der Waals surface area (Å²) in [5, 5.41) is 0. The Labute approximate surface area is 191 Å². The summed E-state index contributed by atoms with van der Waals surface area (Å²) in [6, 6.07) is 2.70. The number of halogens is 2. The van der Waals surface area contributed by atoms with Gasteiger partial charge in [0, 0.05) is 0 Å². The molecule has 4 rings (SSSR count). The molecule has 0 aromatic heterocycles. The third kappa shape index (κ3) is 5.82. The van der Waals surface area contributed by atoms with Gasteiger partial charge in [-0.25, -0.2) is 0 Å². The van der Waals surface area contributed by atoms with Crippen molar-refractivity contribution in [3.05, 3.63) is 23.8 Å². The minimum Gasteiger partial charge on any atom is -0.490 e. The van der Waals surface area contributed by atoms with Gasteiger partial charge in [-0.2, -0.15) is 8.78 Å². The molecule has 5 heteroatoms. The lowest BCUT2D eigenvalue weighted by molar-refractivity contribution is -0.140. The van der Waals surface area contributed by atoms with E-state index in [9.17, 15) is 13.6 Å². The predicted octanol–water partition coefficient (Wildman–Crippen LogP) is 7.46. The molecule has 32 heavy (non-hydrogen) atoms. The van der Waals surface area contributed by atoms with Crippen LogP contribution in [0.2, 0.25) is 0 Å². The highest BCUT2D eigenvalue weighted by Crippen LogP contribution is 2.40. The Morgan fingerprint density at radius 3 is 2.09 bits per heavy atom. The van der Waals surface area contributed by atoms with Gasteiger partial charge in [-0.05, 0) is 74.3 Å². The molecule has 0 radical (unpaired) electrons. The Kier molecular flexibility index (Phi) is 8.07. The number of esters is 1. The maximum absolute atomic E-state index is 14.6.